The lowest BCUT2D eigenvalue weighted by Crippen LogP contribution is -2.23. The van der Waals surface area contributed by atoms with Gasteiger partial charge in [-0.25, -0.2) is 0 Å². The molecule has 0 heterocycles. The lowest BCUT2D eigenvalue weighted by molar-refractivity contribution is -0.0712. The first-order valence-electron chi connectivity index (χ1n) is 4.21. The first kappa shape index (κ1) is 11.3. The fourth-order valence-electron chi connectivity index (χ4n) is 1.07. The molecule has 1 rings (SSSR count). The number of rotatable bonds is 3. The predicted octanol–water partition coefficient (Wildman–Crippen LogP) is 2.41. The van der Waals surface area contributed by atoms with Crippen LogP contribution < -0.4 is 0 Å². The standard InChI is InChI=1S/C11H9F2NO/c1-2-11(12,13)10(15)9-5-3-8(7-14)4-6-9/h2-6,10,15H,1H2/t10-/m1/s1. The Labute approximate surface area is 86.1 Å². The molecular weight excluding hydrogens is 200 g/mol. The van der Waals surface area contributed by atoms with E-state index in [1.165, 1.54) is 24.3 Å². The van der Waals surface area contributed by atoms with Crippen molar-refractivity contribution in [1.29, 1.82) is 5.26 Å². The second-order valence-electron chi connectivity index (χ2n) is 3.02. The molecule has 1 atom stereocenters. The average Bonchev–Trinajstić information content (AvgIpc) is 2.28. The molecule has 1 aromatic rings. The van der Waals surface area contributed by atoms with E-state index in [1.54, 1.807) is 0 Å². The van der Waals surface area contributed by atoms with Crippen LogP contribution in [0.2, 0.25) is 0 Å². The minimum absolute atomic E-state index is 0.0545. The van der Waals surface area contributed by atoms with Crippen molar-refractivity contribution in [2.45, 2.75) is 12.0 Å². The monoisotopic (exact) mass is 209 g/mol. The van der Waals surface area contributed by atoms with E-state index in [2.05, 4.69) is 6.58 Å². The maximum atomic E-state index is 13.0. The Balaban J connectivity index is 2.98. The highest BCUT2D eigenvalue weighted by Gasteiger charge is 2.35. The van der Waals surface area contributed by atoms with E-state index in [4.69, 9.17) is 5.26 Å². The van der Waals surface area contributed by atoms with Gasteiger partial charge in [0, 0.05) is 0 Å². The zero-order chi connectivity index (χ0) is 11.5. The van der Waals surface area contributed by atoms with Gasteiger partial charge in [0.15, 0.2) is 0 Å². The van der Waals surface area contributed by atoms with Crippen molar-refractivity contribution in [2.75, 3.05) is 0 Å². The predicted molar refractivity (Wildman–Crippen MR) is 51.3 cm³/mol. The lowest BCUT2D eigenvalue weighted by Gasteiger charge is -2.18. The second kappa shape index (κ2) is 4.20. The Morgan fingerprint density at radius 3 is 2.33 bits per heavy atom. The van der Waals surface area contributed by atoms with Crippen LogP contribution in [0.1, 0.15) is 17.2 Å². The molecule has 0 aliphatic rings. The number of benzene rings is 1. The molecule has 0 fully saturated rings. The molecule has 0 bridgehead atoms. The molecule has 0 spiro atoms. The molecule has 0 amide bonds. The Morgan fingerprint density at radius 1 is 1.40 bits per heavy atom. The van der Waals surface area contributed by atoms with Gasteiger partial charge in [0.2, 0.25) is 0 Å². The molecule has 0 unspecified atom stereocenters. The van der Waals surface area contributed by atoms with E-state index >= 15 is 0 Å². The van der Waals surface area contributed by atoms with Crippen molar-refractivity contribution in [3.63, 3.8) is 0 Å². The van der Waals surface area contributed by atoms with Gasteiger partial charge >= 0.3 is 0 Å². The van der Waals surface area contributed by atoms with Gasteiger partial charge in [0.1, 0.15) is 6.10 Å². The number of hydrogen-bond acceptors (Lipinski definition) is 2. The molecule has 0 aromatic heterocycles. The molecule has 0 aliphatic heterocycles. The summed E-state index contributed by atoms with van der Waals surface area (Å²) in [6, 6.07) is 7.19. The van der Waals surface area contributed by atoms with Crippen molar-refractivity contribution >= 4 is 0 Å². The summed E-state index contributed by atoms with van der Waals surface area (Å²) >= 11 is 0. The van der Waals surface area contributed by atoms with E-state index in [9.17, 15) is 13.9 Å². The van der Waals surface area contributed by atoms with Gasteiger partial charge in [-0.1, -0.05) is 18.7 Å². The number of halogens is 2. The van der Waals surface area contributed by atoms with Crippen LogP contribution >= 0.6 is 0 Å². The number of aliphatic hydroxyl groups is 1. The van der Waals surface area contributed by atoms with Crippen molar-refractivity contribution in [1.82, 2.24) is 0 Å². The largest absolute Gasteiger partial charge is 0.382 e. The van der Waals surface area contributed by atoms with Gasteiger partial charge in [-0.3, -0.25) is 0 Å². The normalized spacial score (nSPS) is 12.9. The van der Waals surface area contributed by atoms with Crippen LogP contribution in [0.25, 0.3) is 0 Å². The zero-order valence-electron chi connectivity index (χ0n) is 7.82. The van der Waals surface area contributed by atoms with Crippen LogP contribution in [-0.2, 0) is 0 Å². The number of aliphatic hydroxyl groups excluding tert-OH is 1. The quantitative estimate of drug-likeness (QED) is 0.777. The number of nitriles is 1. The number of nitrogens with zero attached hydrogens (tertiary/aromatic N) is 1. The summed E-state index contributed by atoms with van der Waals surface area (Å²) in [6.07, 6.45) is -1.53. The van der Waals surface area contributed by atoms with Crippen LogP contribution in [0.15, 0.2) is 36.9 Å². The van der Waals surface area contributed by atoms with Crippen LogP contribution in [0, 0.1) is 11.3 Å². The topological polar surface area (TPSA) is 44.0 Å². The van der Waals surface area contributed by atoms with Crippen LogP contribution in [0.5, 0.6) is 0 Å². The highest BCUT2D eigenvalue weighted by molar-refractivity contribution is 5.33. The highest BCUT2D eigenvalue weighted by atomic mass is 19.3. The first-order valence-corrected chi connectivity index (χ1v) is 4.21. The summed E-state index contributed by atoms with van der Waals surface area (Å²) in [5, 5.41) is 17.8. The van der Waals surface area contributed by atoms with Crippen molar-refractivity contribution in [3.05, 3.63) is 48.0 Å². The third-order valence-corrected chi connectivity index (χ3v) is 1.99. The summed E-state index contributed by atoms with van der Waals surface area (Å²) in [7, 11) is 0. The Hall–Kier alpha value is -1.73. The molecule has 1 aromatic carbocycles. The lowest BCUT2D eigenvalue weighted by atomic mass is 10.0. The van der Waals surface area contributed by atoms with Crippen molar-refractivity contribution < 1.29 is 13.9 Å². The third-order valence-electron chi connectivity index (χ3n) is 1.99. The van der Waals surface area contributed by atoms with E-state index < -0.39 is 12.0 Å². The van der Waals surface area contributed by atoms with Gasteiger partial charge in [-0.2, -0.15) is 14.0 Å². The molecule has 0 radical (unpaired) electrons. The van der Waals surface area contributed by atoms with E-state index in [1.807, 2.05) is 6.07 Å². The summed E-state index contributed by atoms with van der Waals surface area (Å²) in [6.45, 7) is 2.95. The fourth-order valence-corrected chi connectivity index (χ4v) is 1.07. The summed E-state index contributed by atoms with van der Waals surface area (Å²) in [4.78, 5) is 0. The summed E-state index contributed by atoms with van der Waals surface area (Å²) in [5.74, 6) is -3.37. The molecule has 0 saturated carbocycles. The summed E-state index contributed by atoms with van der Waals surface area (Å²) in [5.41, 5.74) is 0.409. The Bertz CT molecular complexity index is 392. The van der Waals surface area contributed by atoms with Crippen LogP contribution in [-0.4, -0.2) is 11.0 Å². The molecule has 15 heavy (non-hydrogen) atoms. The minimum Gasteiger partial charge on any atom is -0.382 e. The SMILES string of the molecule is C=CC(F)(F)[C@H](O)c1ccc(C#N)cc1. The van der Waals surface area contributed by atoms with Crippen LogP contribution in [0.3, 0.4) is 0 Å². The number of alkyl halides is 2. The Morgan fingerprint density at radius 2 is 1.93 bits per heavy atom. The van der Waals surface area contributed by atoms with Gasteiger partial charge in [0.25, 0.3) is 5.92 Å². The van der Waals surface area contributed by atoms with Gasteiger partial charge in [-0.05, 0) is 23.8 Å². The van der Waals surface area contributed by atoms with Crippen molar-refractivity contribution in [3.8, 4) is 6.07 Å². The fraction of sp³-hybridized carbons (Fsp3) is 0.182. The highest BCUT2D eigenvalue weighted by Crippen LogP contribution is 2.31. The van der Waals surface area contributed by atoms with Crippen molar-refractivity contribution in [2.24, 2.45) is 0 Å². The minimum atomic E-state index is -3.37. The third kappa shape index (κ3) is 2.39. The smallest absolute Gasteiger partial charge is 0.295 e. The molecule has 1 N–H and O–H groups in total. The molecule has 2 nitrogen and oxygen atoms in total. The molecule has 78 valence electrons. The average molecular weight is 209 g/mol. The molecule has 0 saturated heterocycles. The Kier molecular flexibility index (Phi) is 3.17. The van der Waals surface area contributed by atoms with E-state index in [0.29, 0.717) is 11.6 Å². The van der Waals surface area contributed by atoms with Crippen LogP contribution in [0.4, 0.5) is 8.78 Å². The van der Waals surface area contributed by atoms with Gasteiger partial charge < -0.3 is 5.11 Å². The molecular formula is C11H9F2NO. The van der Waals surface area contributed by atoms with Gasteiger partial charge in [0.05, 0.1) is 11.6 Å². The van der Waals surface area contributed by atoms with E-state index in [-0.39, 0.29) is 5.56 Å². The maximum Gasteiger partial charge on any atom is 0.295 e. The zero-order valence-corrected chi connectivity index (χ0v) is 7.82. The molecule has 0 aliphatic carbocycles. The van der Waals surface area contributed by atoms with E-state index in [0.717, 1.165) is 0 Å². The number of hydrogen-bond donors (Lipinski definition) is 1. The van der Waals surface area contributed by atoms with Gasteiger partial charge in [-0.15, -0.1) is 0 Å². The summed E-state index contributed by atoms with van der Waals surface area (Å²) < 4.78 is 26.0. The maximum absolute atomic E-state index is 13.0. The second-order valence-corrected chi connectivity index (χ2v) is 3.02. The first-order chi connectivity index (χ1) is 7.01. The molecule has 4 heteroatoms.